The maximum Gasteiger partial charge on any atom is 0.112 e. The van der Waals surface area contributed by atoms with E-state index in [9.17, 15) is 5.26 Å². The number of allylic oxidation sites excluding steroid dienone is 5. The van der Waals surface area contributed by atoms with Crippen molar-refractivity contribution in [3.8, 4) is 6.07 Å². The zero-order valence-electron chi connectivity index (χ0n) is 19.0. The molecule has 0 amide bonds. The maximum absolute atomic E-state index is 9.38. The van der Waals surface area contributed by atoms with Gasteiger partial charge in [-0.15, -0.1) is 11.3 Å². The van der Waals surface area contributed by atoms with Crippen LogP contribution in [0.15, 0.2) is 98.1 Å². The fraction of sp³-hybridized carbons (Fsp3) is 0.0645. The van der Waals surface area contributed by atoms with Crippen LogP contribution < -0.4 is 5.73 Å². The first kappa shape index (κ1) is 21.9. The average molecular weight is 457 g/mol. The third-order valence-corrected chi connectivity index (χ3v) is 7.49. The number of nitrogens with two attached hydrogens (primary N) is 1. The van der Waals surface area contributed by atoms with Gasteiger partial charge in [0, 0.05) is 20.2 Å². The number of benzene rings is 4. The van der Waals surface area contributed by atoms with Gasteiger partial charge in [-0.1, -0.05) is 73.9 Å². The van der Waals surface area contributed by atoms with Crippen LogP contribution in [0.25, 0.3) is 52.9 Å². The monoisotopic (exact) mass is 456 g/mol. The minimum Gasteiger partial charge on any atom is -0.313 e. The third kappa shape index (κ3) is 3.36. The van der Waals surface area contributed by atoms with Crippen molar-refractivity contribution in [2.24, 2.45) is 5.73 Å². The van der Waals surface area contributed by atoms with Gasteiger partial charge in [-0.3, -0.25) is 0 Å². The Morgan fingerprint density at radius 1 is 0.824 bits per heavy atom. The maximum atomic E-state index is 9.38. The fourth-order valence-corrected chi connectivity index (χ4v) is 5.99. The minimum atomic E-state index is -0.714. The Labute approximate surface area is 203 Å². The predicted octanol–water partition coefficient (Wildman–Crippen LogP) is 8.37. The Kier molecular flexibility index (Phi) is 5.63. The van der Waals surface area contributed by atoms with E-state index in [1.807, 2.05) is 19.1 Å². The molecule has 34 heavy (non-hydrogen) atoms. The van der Waals surface area contributed by atoms with Gasteiger partial charge < -0.3 is 5.73 Å². The van der Waals surface area contributed by atoms with E-state index >= 15 is 0 Å². The largest absolute Gasteiger partial charge is 0.313 e. The molecule has 0 fully saturated rings. The summed E-state index contributed by atoms with van der Waals surface area (Å²) < 4.78 is 2.49. The number of nitriles is 1. The lowest BCUT2D eigenvalue weighted by atomic mass is 9.84. The Morgan fingerprint density at radius 2 is 1.41 bits per heavy atom. The van der Waals surface area contributed by atoms with Gasteiger partial charge in [0.2, 0.25) is 0 Å². The molecular weight excluding hydrogens is 432 g/mol. The summed E-state index contributed by atoms with van der Waals surface area (Å²) >= 11 is 1.80. The van der Waals surface area contributed by atoms with Crippen LogP contribution in [0.4, 0.5) is 0 Å². The number of hydrogen-bond acceptors (Lipinski definition) is 3. The molecule has 4 aromatic carbocycles. The van der Waals surface area contributed by atoms with Crippen molar-refractivity contribution in [1.82, 2.24) is 0 Å². The van der Waals surface area contributed by atoms with Crippen LogP contribution in [0.5, 0.6) is 0 Å². The molecule has 1 aromatic heterocycles. The van der Waals surface area contributed by atoms with Crippen LogP contribution in [0, 0.1) is 11.3 Å². The van der Waals surface area contributed by atoms with Crippen LogP contribution in [0.1, 0.15) is 18.1 Å². The molecular formula is C31H24N2S. The van der Waals surface area contributed by atoms with Gasteiger partial charge in [-0.2, -0.15) is 5.26 Å². The van der Waals surface area contributed by atoms with E-state index in [-0.39, 0.29) is 0 Å². The van der Waals surface area contributed by atoms with Crippen molar-refractivity contribution in [2.75, 3.05) is 0 Å². The van der Waals surface area contributed by atoms with Crippen LogP contribution >= 0.6 is 11.3 Å². The Morgan fingerprint density at radius 3 is 2.03 bits per heavy atom. The first-order valence-corrected chi connectivity index (χ1v) is 12.0. The van der Waals surface area contributed by atoms with Crippen molar-refractivity contribution >= 4 is 64.2 Å². The number of thiophene rings is 1. The number of rotatable bonds is 5. The van der Waals surface area contributed by atoms with Gasteiger partial charge in [0.1, 0.15) is 6.04 Å². The molecule has 0 radical (unpaired) electrons. The summed E-state index contributed by atoms with van der Waals surface area (Å²) in [5.74, 6) is 0. The summed E-state index contributed by atoms with van der Waals surface area (Å²) in [5.41, 5.74) is 10.2. The van der Waals surface area contributed by atoms with Gasteiger partial charge >= 0.3 is 0 Å². The summed E-state index contributed by atoms with van der Waals surface area (Å²) in [7, 11) is 0. The number of nitrogens with zero attached hydrogens (tertiary/aromatic N) is 1. The number of fused-ring (bicyclic) bond motifs is 5. The quantitative estimate of drug-likeness (QED) is 0.213. The summed E-state index contributed by atoms with van der Waals surface area (Å²) in [6, 6.07) is 22.9. The topological polar surface area (TPSA) is 49.8 Å². The van der Waals surface area contributed by atoms with Crippen LogP contribution in [0.3, 0.4) is 0 Å². The van der Waals surface area contributed by atoms with Crippen molar-refractivity contribution in [3.63, 3.8) is 0 Å². The second kappa shape index (κ2) is 8.76. The SMILES string of the molecule is C=C/C(=C\C(N)C#N)c1c2ccccc2c(/C(C=C)=C/C)c2cc3c(cc12)sc1ccccc13. The summed E-state index contributed by atoms with van der Waals surface area (Å²) in [6.45, 7) is 10.2. The highest BCUT2D eigenvalue weighted by Gasteiger charge is 2.19. The Balaban J connectivity index is 2.08. The van der Waals surface area contributed by atoms with E-state index < -0.39 is 6.04 Å². The van der Waals surface area contributed by atoms with Crippen molar-refractivity contribution in [3.05, 3.63) is 109 Å². The second-order valence-electron chi connectivity index (χ2n) is 8.22. The molecule has 0 aliphatic heterocycles. The summed E-state index contributed by atoms with van der Waals surface area (Å²) in [4.78, 5) is 0. The average Bonchev–Trinajstić information content (AvgIpc) is 3.24. The zero-order chi connectivity index (χ0) is 23.8. The van der Waals surface area contributed by atoms with Crippen molar-refractivity contribution in [2.45, 2.75) is 13.0 Å². The van der Waals surface area contributed by atoms with E-state index in [2.05, 4.69) is 79.9 Å². The highest BCUT2D eigenvalue weighted by molar-refractivity contribution is 7.25. The summed E-state index contributed by atoms with van der Waals surface area (Å²) in [5, 5.41) is 16.4. The molecule has 1 unspecified atom stereocenters. The first-order chi connectivity index (χ1) is 16.6. The molecule has 2 nitrogen and oxygen atoms in total. The zero-order valence-corrected chi connectivity index (χ0v) is 19.8. The Bertz CT molecular complexity index is 1720. The molecule has 0 spiro atoms. The van der Waals surface area contributed by atoms with E-state index in [1.165, 1.54) is 20.2 Å². The van der Waals surface area contributed by atoms with Crippen molar-refractivity contribution < 1.29 is 0 Å². The molecule has 164 valence electrons. The smallest absolute Gasteiger partial charge is 0.112 e. The standard InChI is InChI=1S/C31H24N2S/c1-4-19(5-2)30-23-12-7-8-13-24(23)31(20(6-3)15-21(33)18-32)27-17-29-25(16-26(27)30)22-11-9-10-14-28(22)34-29/h4-17,21H,1,3,33H2,2H3/b19-5+,20-15+. The molecule has 2 N–H and O–H groups in total. The van der Waals surface area contributed by atoms with Gasteiger partial charge in [0.05, 0.1) is 6.07 Å². The molecule has 0 aliphatic rings. The van der Waals surface area contributed by atoms with E-state index in [4.69, 9.17) is 5.73 Å². The molecule has 0 aliphatic carbocycles. The van der Waals surface area contributed by atoms with E-state index in [1.54, 1.807) is 23.5 Å². The van der Waals surface area contributed by atoms with Gasteiger partial charge in [-0.05, 0) is 75.0 Å². The predicted molar refractivity (Wildman–Crippen MR) is 150 cm³/mol. The number of hydrogen-bond donors (Lipinski definition) is 1. The van der Waals surface area contributed by atoms with Crippen LogP contribution in [-0.4, -0.2) is 6.04 Å². The van der Waals surface area contributed by atoms with E-state index in [0.29, 0.717) is 0 Å². The Hall–Kier alpha value is -3.97. The molecule has 1 atom stereocenters. The minimum absolute atomic E-state index is 0.714. The highest BCUT2D eigenvalue weighted by atomic mass is 32.1. The van der Waals surface area contributed by atoms with Crippen LogP contribution in [0.2, 0.25) is 0 Å². The van der Waals surface area contributed by atoms with Crippen LogP contribution in [-0.2, 0) is 0 Å². The van der Waals surface area contributed by atoms with E-state index in [0.717, 1.165) is 43.8 Å². The molecule has 5 rings (SSSR count). The second-order valence-corrected chi connectivity index (χ2v) is 9.30. The lowest BCUT2D eigenvalue weighted by Gasteiger charge is -2.19. The highest BCUT2D eigenvalue weighted by Crippen LogP contribution is 2.44. The lowest BCUT2D eigenvalue weighted by molar-refractivity contribution is 1.04. The van der Waals surface area contributed by atoms with Gasteiger partial charge in [0.25, 0.3) is 0 Å². The fourth-order valence-electron chi connectivity index (χ4n) is 4.86. The van der Waals surface area contributed by atoms with Gasteiger partial charge in [0.15, 0.2) is 0 Å². The molecule has 0 saturated carbocycles. The molecule has 0 saturated heterocycles. The molecule has 3 heteroatoms. The van der Waals surface area contributed by atoms with Gasteiger partial charge in [-0.25, -0.2) is 0 Å². The molecule has 1 heterocycles. The normalized spacial score (nSPS) is 13.4. The molecule has 5 aromatic rings. The lowest BCUT2D eigenvalue weighted by Crippen LogP contribution is -2.14. The van der Waals surface area contributed by atoms with Crippen molar-refractivity contribution in [1.29, 1.82) is 5.26 Å². The molecule has 0 bridgehead atoms. The third-order valence-electron chi connectivity index (χ3n) is 6.36. The first-order valence-electron chi connectivity index (χ1n) is 11.2. The summed E-state index contributed by atoms with van der Waals surface area (Å²) in [6.07, 6.45) is 7.64.